The quantitative estimate of drug-likeness (QED) is 0.331. The maximum absolute atomic E-state index is 13.9. The molecule has 1 saturated heterocycles. The Bertz CT molecular complexity index is 1620. The Morgan fingerprint density at radius 2 is 1.74 bits per heavy atom. The number of nitrogens with one attached hydrogen (secondary N) is 1. The smallest absolute Gasteiger partial charge is 0.408 e. The van der Waals surface area contributed by atoms with Gasteiger partial charge in [-0.25, -0.2) is 14.6 Å². The third kappa shape index (κ3) is 7.35. The van der Waals surface area contributed by atoms with Gasteiger partial charge in [0.25, 0.3) is 0 Å². The van der Waals surface area contributed by atoms with E-state index in [1.165, 1.54) is 24.0 Å². The van der Waals surface area contributed by atoms with E-state index in [2.05, 4.69) is 11.4 Å². The molecule has 1 aliphatic heterocycles. The Labute approximate surface area is 270 Å². The van der Waals surface area contributed by atoms with Crippen molar-refractivity contribution in [3.8, 4) is 22.9 Å². The Hall–Kier alpha value is -4.41. The molecule has 2 aromatic heterocycles. The van der Waals surface area contributed by atoms with Crippen LogP contribution in [0.2, 0.25) is 0 Å². The summed E-state index contributed by atoms with van der Waals surface area (Å²) in [5.74, 6) is -0.0308. The molecule has 0 spiro atoms. The zero-order valence-electron chi connectivity index (χ0n) is 27.7. The van der Waals surface area contributed by atoms with Crippen LogP contribution in [-0.2, 0) is 31.9 Å². The summed E-state index contributed by atoms with van der Waals surface area (Å²) in [4.78, 5) is 50.8. The number of rotatable bonds is 8. The molecule has 246 valence electrons. The molecule has 2 amide bonds. The van der Waals surface area contributed by atoms with Crippen LogP contribution < -0.4 is 14.8 Å². The second-order valence-electron chi connectivity index (χ2n) is 13.3. The summed E-state index contributed by atoms with van der Waals surface area (Å²) in [5, 5.41) is 3.46. The number of amides is 2. The summed E-state index contributed by atoms with van der Waals surface area (Å²) >= 11 is 0. The molecule has 3 aromatic rings. The number of pyridine rings is 2. The van der Waals surface area contributed by atoms with Gasteiger partial charge < -0.3 is 29.2 Å². The molecule has 1 aliphatic carbocycles. The number of carbonyl (C=O) groups excluding carboxylic acids is 3. The molecular formula is C35H44N4O7. The van der Waals surface area contributed by atoms with Gasteiger partial charge in [0.2, 0.25) is 5.91 Å². The van der Waals surface area contributed by atoms with E-state index in [4.69, 9.17) is 28.9 Å². The summed E-state index contributed by atoms with van der Waals surface area (Å²) in [6.07, 6.45) is 3.22. The number of aromatic nitrogens is 2. The molecular weight excluding hydrogens is 588 g/mol. The minimum Gasteiger partial charge on any atom is -0.497 e. The summed E-state index contributed by atoms with van der Waals surface area (Å²) in [7, 11) is 2.90. The molecule has 0 unspecified atom stereocenters. The first kappa shape index (κ1) is 33.0. The van der Waals surface area contributed by atoms with Crippen molar-refractivity contribution in [2.45, 2.75) is 90.5 Å². The van der Waals surface area contributed by atoms with Crippen molar-refractivity contribution in [1.29, 1.82) is 0 Å². The Morgan fingerprint density at radius 1 is 0.978 bits per heavy atom. The second-order valence-corrected chi connectivity index (χ2v) is 13.3. The Morgan fingerprint density at radius 3 is 2.43 bits per heavy atom. The lowest BCUT2D eigenvalue weighted by Crippen LogP contribution is -2.54. The number of methoxy groups -OCH3 is 2. The van der Waals surface area contributed by atoms with Crippen LogP contribution in [-0.4, -0.2) is 77.4 Å². The lowest BCUT2D eigenvalue weighted by atomic mass is 9.95. The number of carbonyl (C=O) groups is 3. The van der Waals surface area contributed by atoms with Crippen LogP contribution in [0.5, 0.6) is 11.5 Å². The van der Waals surface area contributed by atoms with E-state index < -0.39 is 41.8 Å². The van der Waals surface area contributed by atoms with E-state index in [9.17, 15) is 14.4 Å². The fraction of sp³-hybridized carbons (Fsp3) is 0.514. The van der Waals surface area contributed by atoms with Gasteiger partial charge in [0, 0.05) is 29.6 Å². The highest BCUT2D eigenvalue weighted by Gasteiger charge is 2.44. The van der Waals surface area contributed by atoms with Gasteiger partial charge in [-0.1, -0.05) is 19.9 Å². The molecule has 0 radical (unpaired) electrons. The van der Waals surface area contributed by atoms with Crippen LogP contribution in [0.25, 0.3) is 22.3 Å². The molecule has 1 aromatic carbocycles. The van der Waals surface area contributed by atoms with Crippen molar-refractivity contribution in [2.75, 3.05) is 20.8 Å². The van der Waals surface area contributed by atoms with Crippen LogP contribution in [0.1, 0.15) is 65.1 Å². The van der Waals surface area contributed by atoms with Crippen molar-refractivity contribution in [3.05, 3.63) is 47.7 Å². The lowest BCUT2D eigenvalue weighted by molar-refractivity contribution is -0.152. The minimum atomic E-state index is -0.920. The topological polar surface area (TPSA) is 129 Å². The van der Waals surface area contributed by atoms with Crippen LogP contribution in [0.4, 0.5) is 4.79 Å². The molecule has 3 heterocycles. The van der Waals surface area contributed by atoms with Crippen LogP contribution in [0, 0.1) is 5.92 Å². The van der Waals surface area contributed by atoms with Gasteiger partial charge in [0.05, 0.1) is 37.7 Å². The predicted octanol–water partition coefficient (Wildman–Crippen LogP) is 5.25. The highest BCUT2D eigenvalue weighted by molar-refractivity contribution is 5.91. The third-order valence-corrected chi connectivity index (χ3v) is 8.34. The molecule has 1 fully saturated rings. The maximum atomic E-state index is 13.9. The third-order valence-electron chi connectivity index (χ3n) is 8.34. The number of benzene rings is 1. The van der Waals surface area contributed by atoms with Gasteiger partial charge in [0.15, 0.2) is 0 Å². The number of aryl methyl sites for hydroxylation is 2. The average Bonchev–Trinajstić information content (AvgIpc) is 3.45. The standard InChI is InChI=1S/C35H44N4O7/c1-20(2)31(38-34(42)46-35(3,4)5)32(40)39-19-23(17-29(39)33(41)44-7)45-30-18-28(37-27-16-22(43-6)13-14-24(27)30)26-15-12-21-10-8-9-11-25(21)36-26/h12-16,18,20,23,29,31H,8-11,17,19H2,1-7H3,(H,38,42)/t23-,29+,31+/m1/s1. The first-order chi connectivity index (χ1) is 21.9. The van der Waals surface area contributed by atoms with Crippen LogP contribution >= 0.6 is 0 Å². The summed E-state index contributed by atoms with van der Waals surface area (Å²) in [5.41, 5.74) is 3.72. The molecule has 2 aliphatic rings. The van der Waals surface area contributed by atoms with Gasteiger partial charge >= 0.3 is 12.1 Å². The largest absolute Gasteiger partial charge is 0.497 e. The van der Waals surface area contributed by atoms with Gasteiger partial charge in [-0.15, -0.1) is 0 Å². The second kappa shape index (κ2) is 13.5. The van der Waals surface area contributed by atoms with Crippen molar-refractivity contribution in [3.63, 3.8) is 0 Å². The van der Waals surface area contributed by atoms with Crippen molar-refractivity contribution in [2.24, 2.45) is 5.92 Å². The zero-order valence-corrected chi connectivity index (χ0v) is 27.7. The molecule has 1 N–H and O–H groups in total. The monoisotopic (exact) mass is 632 g/mol. The molecule has 3 atom stereocenters. The van der Waals surface area contributed by atoms with Crippen molar-refractivity contribution in [1.82, 2.24) is 20.2 Å². The highest BCUT2D eigenvalue weighted by atomic mass is 16.6. The van der Waals surface area contributed by atoms with Gasteiger partial charge in [-0.3, -0.25) is 9.78 Å². The summed E-state index contributed by atoms with van der Waals surface area (Å²) < 4.78 is 22.6. The first-order valence-corrected chi connectivity index (χ1v) is 15.9. The highest BCUT2D eigenvalue weighted by Crippen LogP contribution is 2.35. The number of ether oxygens (including phenoxy) is 4. The van der Waals surface area contributed by atoms with Gasteiger partial charge in [0.1, 0.15) is 35.3 Å². The van der Waals surface area contributed by atoms with E-state index in [1.807, 2.05) is 44.2 Å². The van der Waals surface area contributed by atoms with Crippen LogP contribution in [0.3, 0.4) is 0 Å². The SMILES string of the molecule is COC(=O)[C@@H]1C[C@@H](Oc2cc(-c3ccc4c(n3)CCCC4)nc3cc(OC)ccc23)CN1C(=O)[C@@H](NC(=O)OC(C)(C)C)C(C)C. The zero-order chi connectivity index (χ0) is 33.2. The molecule has 0 saturated carbocycles. The van der Waals surface area contributed by atoms with E-state index in [0.717, 1.165) is 36.0 Å². The van der Waals surface area contributed by atoms with E-state index in [1.54, 1.807) is 27.9 Å². The lowest BCUT2D eigenvalue weighted by Gasteiger charge is -2.30. The number of esters is 1. The number of likely N-dealkylation sites (tertiary alicyclic amines) is 1. The number of fused-ring (bicyclic) bond motifs is 2. The Kier molecular flexibility index (Phi) is 9.69. The fourth-order valence-electron chi connectivity index (χ4n) is 6.05. The van der Waals surface area contributed by atoms with E-state index >= 15 is 0 Å². The first-order valence-electron chi connectivity index (χ1n) is 15.9. The van der Waals surface area contributed by atoms with Crippen molar-refractivity contribution >= 4 is 28.9 Å². The van der Waals surface area contributed by atoms with Gasteiger partial charge in [-0.2, -0.15) is 0 Å². The van der Waals surface area contributed by atoms with E-state index in [0.29, 0.717) is 22.7 Å². The number of hydrogen-bond donors (Lipinski definition) is 1. The van der Waals surface area contributed by atoms with Gasteiger partial charge in [-0.05, 0) is 76.1 Å². The Balaban J connectivity index is 1.46. The number of hydrogen-bond acceptors (Lipinski definition) is 9. The molecule has 5 rings (SSSR count). The van der Waals surface area contributed by atoms with E-state index in [-0.39, 0.29) is 18.9 Å². The number of alkyl carbamates (subject to hydrolysis) is 1. The molecule has 0 bridgehead atoms. The average molecular weight is 633 g/mol. The summed E-state index contributed by atoms with van der Waals surface area (Å²) in [6, 6.07) is 9.76. The molecule has 11 heteroatoms. The van der Waals surface area contributed by atoms with Crippen LogP contribution in [0.15, 0.2) is 36.4 Å². The molecule has 11 nitrogen and oxygen atoms in total. The fourth-order valence-corrected chi connectivity index (χ4v) is 6.05. The van der Waals surface area contributed by atoms with Crippen molar-refractivity contribution < 1.29 is 33.3 Å². The minimum absolute atomic E-state index is 0.115. The predicted molar refractivity (Wildman–Crippen MR) is 173 cm³/mol. The maximum Gasteiger partial charge on any atom is 0.408 e. The normalized spacial score (nSPS) is 18.6. The number of nitrogens with zero attached hydrogens (tertiary/aromatic N) is 3. The molecule has 46 heavy (non-hydrogen) atoms. The summed E-state index contributed by atoms with van der Waals surface area (Å²) in [6.45, 7) is 9.01.